The molecule has 25 heavy (non-hydrogen) atoms. The fourth-order valence-corrected chi connectivity index (χ4v) is 1.86. The quantitative estimate of drug-likeness (QED) is 0.303. The van der Waals surface area contributed by atoms with Crippen LogP contribution < -0.4 is 17.1 Å². The summed E-state index contributed by atoms with van der Waals surface area (Å²) in [5.41, 5.74) is -2.57. The molecule has 1 heterocycles. The van der Waals surface area contributed by atoms with Crippen molar-refractivity contribution >= 4 is 11.9 Å². The first-order chi connectivity index (χ1) is 11.8. The highest BCUT2D eigenvalue weighted by Crippen LogP contribution is 1.87. The predicted octanol–water partition coefficient (Wildman–Crippen LogP) is -1.44. The molecule has 0 aromatic carbocycles. The number of hydrogen-bond donors (Lipinski definition) is 0. The predicted molar refractivity (Wildman–Crippen MR) is 87.1 cm³/mol. The molecule has 0 N–H and O–H groups in total. The number of hydrogen-bond acceptors (Lipinski definition) is 7. The molecule has 1 aromatic heterocycles. The lowest BCUT2D eigenvalue weighted by Crippen LogP contribution is -2.54. The van der Waals surface area contributed by atoms with Crippen molar-refractivity contribution in [3.05, 3.63) is 56.8 Å². The molecular formula is C15H19N3O7. The van der Waals surface area contributed by atoms with Crippen molar-refractivity contribution in [1.29, 1.82) is 0 Å². The first-order valence-corrected chi connectivity index (χ1v) is 7.29. The summed E-state index contributed by atoms with van der Waals surface area (Å²) in [4.78, 5) is 58.6. The van der Waals surface area contributed by atoms with E-state index in [1.807, 2.05) is 0 Å². The Hall–Kier alpha value is -3.17. The Morgan fingerprint density at radius 1 is 0.960 bits per heavy atom. The van der Waals surface area contributed by atoms with Gasteiger partial charge in [0.05, 0.1) is 19.5 Å². The maximum absolute atomic E-state index is 12.3. The topological polar surface area (TPSA) is 119 Å². The van der Waals surface area contributed by atoms with Crippen LogP contribution in [0.5, 0.6) is 0 Å². The van der Waals surface area contributed by atoms with Crippen LogP contribution in [0.15, 0.2) is 39.7 Å². The number of carbonyl (C=O) groups is 2. The molecule has 0 spiro atoms. The number of carbonyl (C=O) groups excluding carboxylic acids is 2. The van der Waals surface area contributed by atoms with E-state index in [1.165, 1.54) is 13.1 Å². The lowest BCUT2D eigenvalue weighted by Gasteiger charge is -2.11. The van der Waals surface area contributed by atoms with Crippen LogP contribution in [-0.2, 0) is 39.2 Å². The molecule has 10 heteroatoms. The zero-order valence-corrected chi connectivity index (χ0v) is 13.8. The van der Waals surface area contributed by atoms with Crippen LogP contribution >= 0.6 is 0 Å². The highest BCUT2D eigenvalue weighted by Gasteiger charge is 2.14. The summed E-state index contributed by atoms with van der Waals surface area (Å²) < 4.78 is 11.8. The van der Waals surface area contributed by atoms with Gasteiger partial charge < -0.3 is 9.47 Å². The molecular weight excluding hydrogens is 334 g/mol. The molecule has 0 amide bonds. The average Bonchev–Trinajstić information content (AvgIpc) is 2.59. The molecule has 10 nitrogen and oxygen atoms in total. The number of rotatable bonds is 9. The van der Waals surface area contributed by atoms with Crippen LogP contribution in [0.1, 0.15) is 6.42 Å². The summed E-state index contributed by atoms with van der Waals surface area (Å²) in [7, 11) is 1.20. The molecule has 0 aliphatic heterocycles. The largest absolute Gasteiger partial charge is 0.464 e. The summed E-state index contributed by atoms with van der Waals surface area (Å²) in [5, 5.41) is 0. The van der Waals surface area contributed by atoms with Crippen molar-refractivity contribution in [3.8, 4) is 0 Å². The fourth-order valence-electron chi connectivity index (χ4n) is 1.86. The van der Waals surface area contributed by atoms with E-state index in [0.29, 0.717) is 0 Å². The van der Waals surface area contributed by atoms with E-state index >= 15 is 0 Å². The van der Waals surface area contributed by atoms with Crippen molar-refractivity contribution in [2.45, 2.75) is 19.5 Å². The van der Waals surface area contributed by atoms with E-state index in [1.54, 1.807) is 0 Å². The highest BCUT2D eigenvalue weighted by atomic mass is 16.5. The molecule has 1 rings (SSSR count). The summed E-state index contributed by atoms with van der Waals surface area (Å²) >= 11 is 0. The summed E-state index contributed by atoms with van der Waals surface area (Å²) in [6, 6.07) is 0. The lowest BCUT2D eigenvalue weighted by atomic mass is 10.4. The molecule has 0 saturated heterocycles. The number of esters is 2. The summed E-state index contributed by atoms with van der Waals surface area (Å²) in [6.07, 6.45) is 2.30. The molecule has 0 aliphatic carbocycles. The van der Waals surface area contributed by atoms with Gasteiger partial charge in [0.1, 0.15) is 13.2 Å². The normalized spacial score (nSPS) is 10.1. The SMILES string of the molecule is C=CCC(=O)OCCn1c(=O)n(C)c(=O)n(CCOC(=O)C=C)c1=O. The van der Waals surface area contributed by atoms with Crippen LogP contribution in [0.3, 0.4) is 0 Å². The van der Waals surface area contributed by atoms with Crippen LogP contribution in [0, 0.1) is 0 Å². The smallest absolute Gasteiger partial charge is 0.336 e. The lowest BCUT2D eigenvalue weighted by molar-refractivity contribution is -0.143. The van der Waals surface area contributed by atoms with Crippen molar-refractivity contribution in [1.82, 2.24) is 13.7 Å². The van der Waals surface area contributed by atoms with Crippen molar-refractivity contribution in [3.63, 3.8) is 0 Å². The van der Waals surface area contributed by atoms with Gasteiger partial charge in [0.2, 0.25) is 0 Å². The van der Waals surface area contributed by atoms with Gasteiger partial charge in [-0.15, -0.1) is 6.58 Å². The number of ether oxygens (including phenoxy) is 2. The van der Waals surface area contributed by atoms with Crippen molar-refractivity contribution < 1.29 is 19.1 Å². The van der Waals surface area contributed by atoms with Gasteiger partial charge >= 0.3 is 29.0 Å². The van der Waals surface area contributed by atoms with E-state index < -0.39 is 29.0 Å². The molecule has 0 fully saturated rings. The van der Waals surface area contributed by atoms with Gasteiger partial charge in [-0.1, -0.05) is 12.7 Å². The Bertz CT molecular complexity index is 844. The third-order valence-corrected chi connectivity index (χ3v) is 3.11. The molecule has 0 aliphatic rings. The third kappa shape index (κ3) is 5.16. The fraction of sp³-hybridized carbons (Fsp3) is 0.400. The molecule has 0 unspecified atom stereocenters. The zero-order chi connectivity index (χ0) is 19.0. The van der Waals surface area contributed by atoms with Crippen LogP contribution in [0.25, 0.3) is 0 Å². The average molecular weight is 353 g/mol. The Labute approximate surface area is 142 Å². The van der Waals surface area contributed by atoms with Crippen LogP contribution in [0.2, 0.25) is 0 Å². The standard InChI is InChI=1S/C15H19N3O7/c1-4-6-12(20)25-10-8-18-14(22)16(3)13(21)17(15(18)23)7-9-24-11(19)5-2/h4-5H,1-2,6-10H2,3H3. The van der Waals surface area contributed by atoms with Gasteiger partial charge in [-0.05, 0) is 0 Å². The Morgan fingerprint density at radius 2 is 1.48 bits per heavy atom. The van der Waals surface area contributed by atoms with E-state index in [-0.39, 0.29) is 32.7 Å². The van der Waals surface area contributed by atoms with Gasteiger partial charge in [0.15, 0.2) is 0 Å². The van der Waals surface area contributed by atoms with Gasteiger partial charge in [-0.3, -0.25) is 4.79 Å². The Morgan fingerprint density at radius 3 is 1.96 bits per heavy atom. The van der Waals surface area contributed by atoms with Gasteiger partial charge in [-0.2, -0.15) is 0 Å². The van der Waals surface area contributed by atoms with E-state index in [0.717, 1.165) is 19.8 Å². The van der Waals surface area contributed by atoms with Crippen LogP contribution in [-0.4, -0.2) is 38.9 Å². The minimum absolute atomic E-state index is 0.00107. The zero-order valence-electron chi connectivity index (χ0n) is 13.8. The molecule has 0 bridgehead atoms. The molecule has 0 radical (unpaired) electrons. The summed E-state index contributed by atoms with van der Waals surface area (Å²) in [5.74, 6) is -1.25. The minimum atomic E-state index is -0.887. The molecule has 0 saturated carbocycles. The van der Waals surface area contributed by atoms with Gasteiger partial charge in [0.25, 0.3) is 0 Å². The van der Waals surface area contributed by atoms with Gasteiger partial charge in [0, 0.05) is 13.1 Å². The van der Waals surface area contributed by atoms with Gasteiger partial charge in [-0.25, -0.2) is 32.9 Å². The number of nitrogens with zero attached hydrogens (tertiary/aromatic N) is 3. The third-order valence-electron chi connectivity index (χ3n) is 3.11. The second-order valence-electron chi connectivity index (χ2n) is 4.79. The monoisotopic (exact) mass is 353 g/mol. The van der Waals surface area contributed by atoms with E-state index in [2.05, 4.69) is 13.2 Å². The summed E-state index contributed by atoms with van der Waals surface area (Å²) in [6.45, 7) is 5.69. The Kier molecular flexibility index (Phi) is 7.32. The molecule has 0 atom stereocenters. The second kappa shape index (κ2) is 9.21. The number of aromatic nitrogens is 3. The minimum Gasteiger partial charge on any atom is -0.464 e. The maximum Gasteiger partial charge on any atom is 0.336 e. The van der Waals surface area contributed by atoms with E-state index in [9.17, 15) is 24.0 Å². The van der Waals surface area contributed by atoms with Crippen molar-refractivity contribution in [2.75, 3.05) is 13.2 Å². The molecule has 136 valence electrons. The van der Waals surface area contributed by atoms with Crippen molar-refractivity contribution in [2.24, 2.45) is 7.05 Å². The maximum atomic E-state index is 12.3. The first kappa shape index (κ1) is 19.9. The highest BCUT2D eigenvalue weighted by molar-refractivity contribution is 5.81. The second-order valence-corrected chi connectivity index (χ2v) is 4.79. The van der Waals surface area contributed by atoms with E-state index in [4.69, 9.17) is 9.47 Å². The molecule has 1 aromatic rings. The van der Waals surface area contributed by atoms with Crippen LogP contribution in [0.4, 0.5) is 0 Å². The first-order valence-electron chi connectivity index (χ1n) is 7.29. The Balaban J connectivity index is 3.00.